The van der Waals surface area contributed by atoms with E-state index in [9.17, 15) is 9.18 Å². The summed E-state index contributed by atoms with van der Waals surface area (Å²) in [7, 11) is 2.13. The molecular weight excluding hydrogens is 269 g/mol. The van der Waals surface area contributed by atoms with E-state index >= 15 is 0 Å². The number of nitrogens with one attached hydrogen (secondary N) is 2. The minimum absolute atomic E-state index is 0.208. The Morgan fingerprint density at radius 3 is 2.67 bits per heavy atom. The topological polar surface area (TPSA) is 44.4 Å². The van der Waals surface area contributed by atoms with Crippen LogP contribution in [0.4, 0.5) is 10.1 Å². The summed E-state index contributed by atoms with van der Waals surface area (Å²) in [6, 6.07) is 6.20. The number of hydrogen-bond acceptors (Lipinski definition) is 3. The molecule has 0 bridgehead atoms. The van der Waals surface area contributed by atoms with Gasteiger partial charge < -0.3 is 15.5 Å². The van der Waals surface area contributed by atoms with Crippen molar-refractivity contribution in [2.24, 2.45) is 5.41 Å². The minimum atomic E-state index is -0.409. The summed E-state index contributed by atoms with van der Waals surface area (Å²) < 4.78 is 13.4. The lowest BCUT2D eigenvalue weighted by Crippen LogP contribution is -2.43. The van der Waals surface area contributed by atoms with Gasteiger partial charge in [-0.1, -0.05) is 19.1 Å². The molecule has 1 heterocycles. The average molecular weight is 293 g/mol. The van der Waals surface area contributed by atoms with Crippen molar-refractivity contribution >= 4 is 11.6 Å². The zero-order valence-corrected chi connectivity index (χ0v) is 12.8. The van der Waals surface area contributed by atoms with Crippen LogP contribution in [0, 0.1) is 11.2 Å². The quantitative estimate of drug-likeness (QED) is 0.873. The van der Waals surface area contributed by atoms with E-state index in [1.165, 1.54) is 6.07 Å². The van der Waals surface area contributed by atoms with Crippen molar-refractivity contribution in [3.63, 3.8) is 0 Å². The molecule has 21 heavy (non-hydrogen) atoms. The molecule has 116 valence electrons. The maximum Gasteiger partial charge on any atom is 0.238 e. The van der Waals surface area contributed by atoms with E-state index in [2.05, 4.69) is 29.5 Å². The molecule has 0 spiro atoms. The lowest BCUT2D eigenvalue weighted by Gasteiger charge is -2.38. The van der Waals surface area contributed by atoms with Crippen molar-refractivity contribution in [3.05, 3.63) is 30.1 Å². The predicted molar refractivity (Wildman–Crippen MR) is 82.7 cm³/mol. The summed E-state index contributed by atoms with van der Waals surface area (Å²) in [6.07, 6.45) is 2.26. The van der Waals surface area contributed by atoms with Crippen LogP contribution in [0.3, 0.4) is 0 Å². The molecule has 0 aliphatic carbocycles. The normalized spacial score (nSPS) is 18.4. The number of hydrogen-bond donors (Lipinski definition) is 2. The molecule has 4 nitrogen and oxygen atoms in total. The minimum Gasteiger partial charge on any atom is -0.322 e. The smallest absolute Gasteiger partial charge is 0.238 e. The Balaban J connectivity index is 1.73. The molecule has 0 atom stereocenters. The van der Waals surface area contributed by atoms with Gasteiger partial charge in [0.15, 0.2) is 0 Å². The van der Waals surface area contributed by atoms with Gasteiger partial charge in [-0.25, -0.2) is 4.39 Å². The molecule has 0 aromatic heterocycles. The van der Waals surface area contributed by atoms with E-state index < -0.39 is 5.82 Å². The second kappa shape index (κ2) is 7.00. The van der Waals surface area contributed by atoms with Gasteiger partial charge in [0.2, 0.25) is 5.91 Å². The molecular formula is C16H24FN3O. The Morgan fingerprint density at radius 1 is 1.33 bits per heavy atom. The first-order chi connectivity index (χ1) is 9.98. The van der Waals surface area contributed by atoms with Crippen LogP contribution < -0.4 is 10.6 Å². The Hall–Kier alpha value is -1.46. The molecule has 0 radical (unpaired) electrons. The fraction of sp³-hybridized carbons (Fsp3) is 0.562. The number of para-hydroxylation sites is 1. The van der Waals surface area contributed by atoms with Crippen molar-refractivity contribution in [2.75, 3.05) is 38.5 Å². The molecule has 1 amide bonds. The van der Waals surface area contributed by atoms with Gasteiger partial charge in [0.1, 0.15) is 5.82 Å². The van der Waals surface area contributed by atoms with Crippen LogP contribution in [0.1, 0.15) is 19.8 Å². The van der Waals surface area contributed by atoms with Gasteiger partial charge >= 0.3 is 0 Å². The second-order valence-electron chi connectivity index (χ2n) is 6.25. The standard InChI is InChI=1S/C16H24FN3O/c1-16(7-9-20(2)10-8-16)12-18-11-15(21)19-14-6-4-3-5-13(14)17/h3-6,18H,7-12H2,1-2H3,(H,19,21). The van der Waals surface area contributed by atoms with Crippen LogP contribution in [0.25, 0.3) is 0 Å². The molecule has 1 aromatic carbocycles. The van der Waals surface area contributed by atoms with Crippen molar-refractivity contribution in [3.8, 4) is 0 Å². The first-order valence-electron chi connectivity index (χ1n) is 7.42. The molecule has 1 aliphatic rings. The maximum absolute atomic E-state index is 13.4. The number of halogens is 1. The summed E-state index contributed by atoms with van der Waals surface area (Å²) in [5.41, 5.74) is 0.472. The summed E-state index contributed by atoms with van der Waals surface area (Å²) in [6.45, 7) is 5.46. The summed E-state index contributed by atoms with van der Waals surface area (Å²) in [5.74, 6) is -0.621. The van der Waals surface area contributed by atoms with Crippen LogP contribution in [-0.2, 0) is 4.79 Å². The number of rotatable bonds is 5. The largest absolute Gasteiger partial charge is 0.322 e. The predicted octanol–water partition coefficient (Wildman–Crippen LogP) is 2.09. The van der Waals surface area contributed by atoms with E-state index in [0.717, 1.165) is 32.5 Å². The fourth-order valence-corrected chi connectivity index (χ4v) is 2.57. The van der Waals surface area contributed by atoms with Gasteiger partial charge in [0.05, 0.1) is 12.2 Å². The second-order valence-corrected chi connectivity index (χ2v) is 6.25. The van der Waals surface area contributed by atoms with Crippen LogP contribution in [0.2, 0.25) is 0 Å². The lowest BCUT2D eigenvalue weighted by molar-refractivity contribution is -0.115. The van der Waals surface area contributed by atoms with Gasteiger partial charge in [-0.05, 0) is 50.5 Å². The number of nitrogens with zero attached hydrogens (tertiary/aromatic N) is 1. The van der Waals surface area contributed by atoms with Crippen LogP contribution in [0.5, 0.6) is 0 Å². The number of anilines is 1. The number of piperidine rings is 1. The number of carbonyl (C=O) groups is 1. The first kappa shape index (κ1) is 15.9. The molecule has 0 saturated carbocycles. The molecule has 1 fully saturated rings. The van der Waals surface area contributed by atoms with E-state index in [-0.39, 0.29) is 23.6 Å². The van der Waals surface area contributed by atoms with Gasteiger partial charge in [-0.2, -0.15) is 0 Å². The molecule has 2 N–H and O–H groups in total. The highest BCUT2D eigenvalue weighted by molar-refractivity contribution is 5.92. The molecule has 0 unspecified atom stereocenters. The maximum atomic E-state index is 13.4. The highest BCUT2D eigenvalue weighted by atomic mass is 19.1. The number of carbonyl (C=O) groups excluding carboxylic acids is 1. The SMILES string of the molecule is CN1CCC(C)(CNCC(=O)Nc2ccccc2F)CC1. The monoisotopic (exact) mass is 293 g/mol. The zero-order valence-electron chi connectivity index (χ0n) is 12.8. The molecule has 5 heteroatoms. The fourth-order valence-electron chi connectivity index (χ4n) is 2.57. The lowest BCUT2D eigenvalue weighted by atomic mass is 9.80. The number of amides is 1. The summed E-state index contributed by atoms with van der Waals surface area (Å²) in [5, 5.41) is 5.78. The van der Waals surface area contributed by atoms with Crippen LogP contribution in [-0.4, -0.2) is 44.0 Å². The Morgan fingerprint density at radius 2 is 2.00 bits per heavy atom. The van der Waals surface area contributed by atoms with Crippen molar-refractivity contribution < 1.29 is 9.18 Å². The average Bonchev–Trinajstić information content (AvgIpc) is 2.45. The highest BCUT2D eigenvalue weighted by Gasteiger charge is 2.28. The zero-order chi connectivity index (χ0) is 15.3. The molecule has 2 rings (SSSR count). The van der Waals surface area contributed by atoms with Gasteiger partial charge in [0, 0.05) is 6.54 Å². The van der Waals surface area contributed by atoms with Crippen molar-refractivity contribution in [1.29, 1.82) is 0 Å². The van der Waals surface area contributed by atoms with E-state index in [4.69, 9.17) is 0 Å². The van der Waals surface area contributed by atoms with E-state index in [0.29, 0.717) is 0 Å². The van der Waals surface area contributed by atoms with Gasteiger partial charge in [-0.3, -0.25) is 4.79 Å². The van der Waals surface area contributed by atoms with E-state index in [1.54, 1.807) is 18.2 Å². The Bertz CT molecular complexity index is 484. The van der Waals surface area contributed by atoms with Crippen molar-refractivity contribution in [1.82, 2.24) is 10.2 Å². The number of benzene rings is 1. The third-order valence-electron chi connectivity index (χ3n) is 4.18. The third-order valence-corrected chi connectivity index (χ3v) is 4.18. The number of likely N-dealkylation sites (tertiary alicyclic amines) is 1. The van der Waals surface area contributed by atoms with Crippen LogP contribution >= 0.6 is 0 Å². The van der Waals surface area contributed by atoms with Gasteiger partial charge in [-0.15, -0.1) is 0 Å². The Kier molecular flexibility index (Phi) is 5.31. The van der Waals surface area contributed by atoms with Gasteiger partial charge in [0.25, 0.3) is 0 Å². The third kappa shape index (κ3) is 4.79. The molecule has 1 aromatic rings. The highest BCUT2D eigenvalue weighted by Crippen LogP contribution is 2.29. The molecule has 1 saturated heterocycles. The Labute approximate surface area is 125 Å². The summed E-state index contributed by atoms with van der Waals surface area (Å²) >= 11 is 0. The van der Waals surface area contributed by atoms with Crippen LogP contribution in [0.15, 0.2) is 24.3 Å². The van der Waals surface area contributed by atoms with E-state index in [1.807, 2.05) is 0 Å². The van der Waals surface area contributed by atoms with Crippen molar-refractivity contribution in [2.45, 2.75) is 19.8 Å². The first-order valence-corrected chi connectivity index (χ1v) is 7.42. The molecule has 1 aliphatic heterocycles. The summed E-state index contributed by atoms with van der Waals surface area (Å²) in [4.78, 5) is 14.1.